The molecule has 2 aliphatic heterocycles. The molecule has 2 N–H and O–H groups in total. The number of fused-ring (bicyclic) bond motifs is 1. The molecule has 2 aliphatic rings. The average Bonchev–Trinajstić information content (AvgIpc) is 3.26. The van der Waals surface area contributed by atoms with Crippen LogP contribution in [0.4, 0.5) is 30.6 Å². The van der Waals surface area contributed by atoms with Crippen molar-refractivity contribution in [2.45, 2.75) is 44.0 Å². The maximum atomic E-state index is 13.9. The predicted octanol–water partition coefficient (Wildman–Crippen LogP) is 4.03. The third-order valence-corrected chi connectivity index (χ3v) is 9.38. The van der Waals surface area contributed by atoms with Crippen LogP contribution in [0.25, 0.3) is 10.6 Å². The highest BCUT2D eigenvalue weighted by Gasteiger charge is 2.37. The van der Waals surface area contributed by atoms with Crippen LogP contribution in [0.1, 0.15) is 30.0 Å². The number of hydrogen-bond donors (Lipinski definition) is 2. The highest BCUT2D eigenvalue weighted by Crippen LogP contribution is 2.42. The van der Waals surface area contributed by atoms with Gasteiger partial charge in [-0.1, -0.05) is 6.92 Å². The average molecular weight is 569 g/mol. The van der Waals surface area contributed by atoms with Gasteiger partial charge < -0.3 is 20.3 Å². The van der Waals surface area contributed by atoms with Gasteiger partial charge in [-0.2, -0.15) is 13.2 Å². The molecule has 204 valence electrons. The molecule has 1 fully saturated rings. The first-order chi connectivity index (χ1) is 18.0. The van der Waals surface area contributed by atoms with E-state index in [-0.39, 0.29) is 40.4 Å². The minimum atomic E-state index is -4.73. The van der Waals surface area contributed by atoms with Crippen molar-refractivity contribution in [1.29, 1.82) is 0 Å². The summed E-state index contributed by atoms with van der Waals surface area (Å²) >= 11 is 0.930. The van der Waals surface area contributed by atoms with E-state index >= 15 is 0 Å². The van der Waals surface area contributed by atoms with Gasteiger partial charge in [0.25, 0.3) is 0 Å². The third-order valence-electron chi connectivity index (χ3n) is 6.40. The Balaban J connectivity index is 1.50. The van der Waals surface area contributed by atoms with Gasteiger partial charge in [0.05, 0.1) is 45.8 Å². The van der Waals surface area contributed by atoms with Crippen LogP contribution in [0.15, 0.2) is 29.3 Å². The van der Waals surface area contributed by atoms with Gasteiger partial charge in [-0.25, -0.2) is 23.4 Å². The van der Waals surface area contributed by atoms with Gasteiger partial charge in [-0.15, -0.1) is 11.3 Å². The molecule has 0 spiro atoms. The molecule has 1 atom stereocenters. The lowest BCUT2D eigenvalue weighted by Crippen LogP contribution is -2.49. The van der Waals surface area contributed by atoms with E-state index in [1.165, 1.54) is 6.07 Å². The molecule has 0 saturated carbocycles. The summed E-state index contributed by atoms with van der Waals surface area (Å²) in [6, 6.07) is 5.28. The highest BCUT2D eigenvalue weighted by molar-refractivity contribution is 7.91. The fourth-order valence-corrected chi connectivity index (χ4v) is 7.32. The van der Waals surface area contributed by atoms with E-state index in [1.54, 1.807) is 0 Å². The minimum Gasteiger partial charge on any atom is -0.375 e. The molecule has 9 nitrogen and oxygen atoms in total. The number of nitrogens with one attached hydrogen (secondary N) is 2. The van der Waals surface area contributed by atoms with Gasteiger partial charge in [-0.05, 0) is 31.5 Å². The van der Waals surface area contributed by atoms with Crippen molar-refractivity contribution in [2.75, 3.05) is 42.2 Å². The highest BCUT2D eigenvalue weighted by atomic mass is 32.2. The summed E-state index contributed by atoms with van der Waals surface area (Å²) in [6.45, 7) is 6.60. The normalized spacial score (nSPS) is 19.6. The number of alkyl halides is 3. The van der Waals surface area contributed by atoms with E-state index < -0.39 is 21.6 Å². The second-order valence-corrected chi connectivity index (χ2v) is 12.4. The maximum Gasteiger partial charge on any atom is 0.420 e. The van der Waals surface area contributed by atoms with Crippen LogP contribution in [-0.2, 0) is 33.8 Å². The zero-order valence-corrected chi connectivity index (χ0v) is 22.4. The van der Waals surface area contributed by atoms with Gasteiger partial charge in [-0.3, -0.25) is 0 Å². The fourth-order valence-electron chi connectivity index (χ4n) is 4.48. The van der Waals surface area contributed by atoms with Crippen molar-refractivity contribution in [3.05, 3.63) is 40.5 Å². The Morgan fingerprint density at radius 3 is 2.84 bits per heavy atom. The van der Waals surface area contributed by atoms with Crippen molar-refractivity contribution >= 4 is 38.6 Å². The van der Waals surface area contributed by atoms with Gasteiger partial charge >= 0.3 is 6.18 Å². The number of piperazine rings is 1. The van der Waals surface area contributed by atoms with E-state index in [2.05, 4.69) is 32.4 Å². The van der Waals surface area contributed by atoms with Crippen LogP contribution >= 0.6 is 11.3 Å². The quantitative estimate of drug-likeness (QED) is 0.472. The van der Waals surface area contributed by atoms with Crippen LogP contribution in [0, 0.1) is 0 Å². The molecule has 0 radical (unpaired) electrons. The Morgan fingerprint density at radius 1 is 1.29 bits per heavy atom. The number of thiophene rings is 1. The molecule has 3 aromatic rings. The topological polar surface area (TPSA) is 109 Å². The molecule has 0 aromatic carbocycles. The fraction of sp³-hybridized carbons (Fsp3) is 0.458. The Kier molecular flexibility index (Phi) is 7.33. The number of aryl methyl sites for hydroxylation is 1. The molecule has 1 unspecified atom stereocenters. The first kappa shape index (κ1) is 26.8. The molecule has 38 heavy (non-hydrogen) atoms. The zero-order chi connectivity index (χ0) is 27.1. The van der Waals surface area contributed by atoms with E-state index in [0.29, 0.717) is 23.0 Å². The molecule has 0 amide bonds. The van der Waals surface area contributed by atoms with Crippen LogP contribution in [0.5, 0.6) is 0 Å². The molecular weight excluding hydrogens is 541 g/mol. The largest absolute Gasteiger partial charge is 0.420 e. The number of ether oxygens (including phenoxy) is 1. The summed E-state index contributed by atoms with van der Waals surface area (Å²) in [6.07, 6.45) is -3.43. The van der Waals surface area contributed by atoms with E-state index in [0.717, 1.165) is 48.7 Å². The number of pyridine rings is 1. The van der Waals surface area contributed by atoms with Crippen LogP contribution in [0.3, 0.4) is 0 Å². The third kappa shape index (κ3) is 5.48. The van der Waals surface area contributed by atoms with E-state index in [9.17, 15) is 21.6 Å². The first-order valence-corrected chi connectivity index (χ1v) is 14.6. The minimum absolute atomic E-state index is 0.00784. The number of nitrogens with zero attached hydrogens (tertiary/aromatic N) is 4. The molecule has 5 heterocycles. The van der Waals surface area contributed by atoms with Crippen molar-refractivity contribution < 1.29 is 26.3 Å². The number of sulfone groups is 1. The maximum absolute atomic E-state index is 13.9. The summed E-state index contributed by atoms with van der Waals surface area (Å²) in [5, 5.41) is 6.41. The number of hydrogen-bond acceptors (Lipinski definition) is 10. The molecule has 1 saturated heterocycles. The Labute approximate surface area is 222 Å². The van der Waals surface area contributed by atoms with Crippen molar-refractivity contribution in [1.82, 2.24) is 20.3 Å². The lowest BCUT2D eigenvalue weighted by molar-refractivity contribution is -0.137. The summed E-state index contributed by atoms with van der Waals surface area (Å²) in [5.41, 5.74) is -0.122. The second kappa shape index (κ2) is 10.4. The summed E-state index contributed by atoms with van der Waals surface area (Å²) < 4.78 is 72.3. The van der Waals surface area contributed by atoms with Crippen molar-refractivity contribution in [3.63, 3.8) is 0 Å². The predicted molar refractivity (Wildman–Crippen MR) is 139 cm³/mol. The van der Waals surface area contributed by atoms with Crippen molar-refractivity contribution in [2.24, 2.45) is 0 Å². The summed E-state index contributed by atoms with van der Waals surface area (Å²) in [4.78, 5) is 15.5. The van der Waals surface area contributed by atoms with Crippen molar-refractivity contribution in [3.8, 4) is 10.6 Å². The van der Waals surface area contributed by atoms with Gasteiger partial charge in [0.2, 0.25) is 5.95 Å². The molecule has 14 heteroatoms. The Bertz CT molecular complexity index is 1440. The molecule has 5 rings (SSSR count). The molecule has 0 bridgehead atoms. The monoisotopic (exact) mass is 568 g/mol. The SMILES string of the molecule is CCc1nc(N2CCNC(C)C2)ccc1Nc1ncc(C(F)(F)F)c(-c2cc3c(s2)COCCS3(=O)=O)n1. The van der Waals surface area contributed by atoms with Crippen LogP contribution < -0.4 is 15.5 Å². The molecule has 3 aromatic heterocycles. The smallest absolute Gasteiger partial charge is 0.375 e. The lowest BCUT2D eigenvalue weighted by atomic mass is 10.2. The van der Waals surface area contributed by atoms with Gasteiger partial charge in [0, 0.05) is 36.8 Å². The summed E-state index contributed by atoms with van der Waals surface area (Å²) in [5.74, 6) is 0.558. The number of rotatable bonds is 5. The first-order valence-electron chi connectivity index (χ1n) is 12.2. The Morgan fingerprint density at radius 2 is 2.11 bits per heavy atom. The zero-order valence-electron chi connectivity index (χ0n) is 20.8. The lowest BCUT2D eigenvalue weighted by Gasteiger charge is -2.33. The van der Waals surface area contributed by atoms with Gasteiger partial charge in [0.1, 0.15) is 11.4 Å². The Hall–Kier alpha value is -2.81. The summed E-state index contributed by atoms with van der Waals surface area (Å²) in [7, 11) is -3.67. The molecular formula is C24H27F3N6O3S2. The number of aromatic nitrogens is 3. The number of anilines is 3. The second-order valence-electron chi connectivity index (χ2n) is 9.17. The number of halogens is 3. The standard InChI is InChI=1S/C24H27F3N6O3S2/c1-3-16-17(4-5-21(30-16)33-7-6-28-14(2)12-33)31-23-29-11-15(24(25,26)27)22(32-23)18-10-20-19(37-18)13-36-8-9-38(20,34)35/h4-5,10-11,14,28H,3,6-9,12-13H2,1-2H3,(H,29,31,32). The van der Waals surface area contributed by atoms with E-state index in [1.807, 2.05) is 19.1 Å². The van der Waals surface area contributed by atoms with Gasteiger partial charge in [0.15, 0.2) is 9.84 Å². The van der Waals surface area contributed by atoms with Crippen LogP contribution in [0.2, 0.25) is 0 Å². The van der Waals surface area contributed by atoms with Crippen LogP contribution in [-0.4, -0.2) is 61.4 Å². The van der Waals surface area contributed by atoms with E-state index in [4.69, 9.17) is 9.72 Å². The molecule has 0 aliphatic carbocycles.